The fraction of sp³-hybridized carbons (Fsp3) is 0.625. The van der Waals surface area contributed by atoms with Crippen LogP contribution in [0.15, 0.2) is 12.1 Å². The molecule has 1 saturated heterocycles. The van der Waals surface area contributed by atoms with E-state index < -0.39 is 5.82 Å². The smallest absolute Gasteiger partial charge is 0.168 e. The molecule has 1 aliphatic carbocycles. The summed E-state index contributed by atoms with van der Waals surface area (Å²) in [6.07, 6.45) is 4.58. The number of phenolic OH excluding ortho intramolecular Hbond substituents is 1. The minimum absolute atomic E-state index is 0.0741. The summed E-state index contributed by atoms with van der Waals surface area (Å²) in [7, 11) is 0. The van der Waals surface area contributed by atoms with Crippen molar-refractivity contribution in [1.82, 2.24) is 5.32 Å². The van der Waals surface area contributed by atoms with Gasteiger partial charge >= 0.3 is 0 Å². The molecule has 3 rings (SSSR count). The average Bonchev–Trinajstić information content (AvgIpc) is 2.43. The monoisotopic (exact) mass is 312 g/mol. The number of fused-ring (bicyclic) bond motifs is 1. The van der Waals surface area contributed by atoms with E-state index in [9.17, 15) is 9.50 Å². The molecule has 2 N–H and O–H groups in total. The average molecular weight is 313 g/mol. The van der Waals surface area contributed by atoms with E-state index in [4.69, 9.17) is 11.6 Å². The molecule has 1 heterocycles. The van der Waals surface area contributed by atoms with Gasteiger partial charge in [0.25, 0.3) is 0 Å². The lowest BCUT2D eigenvalue weighted by Gasteiger charge is -2.52. The van der Waals surface area contributed by atoms with Crippen molar-refractivity contribution in [2.45, 2.75) is 57.2 Å². The molecule has 0 amide bonds. The maximum atomic E-state index is 14.5. The number of phenols is 1. The highest BCUT2D eigenvalue weighted by Gasteiger charge is 2.41. The Hall–Kier alpha value is -1.00. The molecule has 0 unspecified atom stereocenters. The number of halogens is 2. The maximum Gasteiger partial charge on any atom is 0.168 e. The third-order valence-electron chi connectivity index (χ3n) is 4.62. The van der Waals surface area contributed by atoms with Gasteiger partial charge in [-0.3, -0.25) is 0 Å². The van der Waals surface area contributed by atoms with Crippen molar-refractivity contribution in [2.24, 2.45) is 0 Å². The first-order valence-corrected chi connectivity index (χ1v) is 7.98. The largest absolute Gasteiger partial charge is 0.506 e. The quantitative estimate of drug-likeness (QED) is 0.830. The summed E-state index contributed by atoms with van der Waals surface area (Å²) in [5.41, 5.74) is 0.430. The Labute approximate surface area is 130 Å². The summed E-state index contributed by atoms with van der Waals surface area (Å²) in [6, 6.07) is 3.80. The van der Waals surface area contributed by atoms with E-state index in [1.54, 1.807) is 6.07 Å². The molecule has 1 aromatic rings. The third-order valence-corrected chi connectivity index (χ3v) is 4.98. The van der Waals surface area contributed by atoms with Gasteiger partial charge in [0.1, 0.15) is 10.8 Å². The van der Waals surface area contributed by atoms with Crippen LogP contribution in [-0.4, -0.2) is 29.3 Å². The standard InChI is InChI=1S/C16H22ClFN2O/c1-16(2)9-20(11-6-4-3-5-10(11)19-16)12-7-8-13(21)14(17)15(12)18/h7-8,10-11,19,21H,3-6,9H2,1-2H3/t10-,11-/m1/s1. The lowest BCUT2D eigenvalue weighted by atomic mass is 9.83. The first-order valence-electron chi connectivity index (χ1n) is 7.60. The molecule has 116 valence electrons. The second kappa shape index (κ2) is 5.33. The number of rotatable bonds is 1. The first kappa shape index (κ1) is 14.9. The molecule has 5 heteroatoms. The van der Waals surface area contributed by atoms with E-state index in [1.807, 2.05) is 0 Å². The van der Waals surface area contributed by atoms with Crippen molar-refractivity contribution in [3.63, 3.8) is 0 Å². The Morgan fingerprint density at radius 1 is 1.33 bits per heavy atom. The predicted molar refractivity (Wildman–Crippen MR) is 83.7 cm³/mol. The van der Waals surface area contributed by atoms with E-state index in [-0.39, 0.29) is 16.3 Å². The molecular formula is C16H22ClFN2O. The number of nitrogens with one attached hydrogen (secondary N) is 1. The van der Waals surface area contributed by atoms with Gasteiger partial charge < -0.3 is 15.3 Å². The van der Waals surface area contributed by atoms with Crippen LogP contribution in [-0.2, 0) is 0 Å². The summed E-state index contributed by atoms with van der Waals surface area (Å²) < 4.78 is 14.5. The highest BCUT2D eigenvalue weighted by molar-refractivity contribution is 6.32. The molecule has 1 saturated carbocycles. The van der Waals surface area contributed by atoms with E-state index >= 15 is 0 Å². The Morgan fingerprint density at radius 3 is 2.81 bits per heavy atom. The van der Waals surface area contributed by atoms with Crippen molar-refractivity contribution in [2.75, 3.05) is 11.4 Å². The Kier molecular flexibility index (Phi) is 3.78. The predicted octanol–water partition coefficient (Wildman–Crippen LogP) is 3.68. The molecule has 3 nitrogen and oxygen atoms in total. The van der Waals surface area contributed by atoms with E-state index in [1.165, 1.54) is 18.9 Å². The number of nitrogens with zero attached hydrogens (tertiary/aromatic N) is 1. The van der Waals surface area contributed by atoms with Crippen LogP contribution < -0.4 is 10.2 Å². The molecule has 0 spiro atoms. The van der Waals surface area contributed by atoms with Crippen molar-refractivity contribution in [3.05, 3.63) is 23.0 Å². The number of anilines is 1. The number of benzene rings is 1. The molecule has 2 aliphatic rings. The van der Waals surface area contributed by atoms with Gasteiger partial charge in [0.2, 0.25) is 0 Å². The van der Waals surface area contributed by atoms with Crippen LogP contribution in [0, 0.1) is 5.82 Å². The van der Waals surface area contributed by atoms with Crippen molar-refractivity contribution in [3.8, 4) is 5.75 Å². The lowest BCUT2D eigenvalue weighted by Crippen LogP contribution is -2.67. The molecule has 2 atom stereocenters. The Bertz CT molecular complexity index is 549. The third kappa shape index (κ3) is 2.71. The minimum Gasteiger partial charge on any atom is -0.506 e. The van der Waals surface area contributed by atoms with Gasteiger partial charge in [-0.25, -0.2) is 4.39 Å². The Morgan fingerprint density at radius 2 is 2.05 bits per heavy atom. The van der Waals surface area contributed by atoms with Crippen LogP contribution >= 0.6 is 11.6 Å². The van der Waals surface area contributed by atoms with Crippen molar-refractivity contribution < 1.29 is 9.50 Å². The zero-order valence-electron chi connectivity index (χ0n) is 12.5. The van der Waals surface area contributed by atoms with Gasteiger partial charge in [-0.15, -0.1) is 0 Å². The molecule has 1 aromatic carbocycles. The van der Waals surface area contributed by atoms with Crippen LogP contribution in [0.2, 0.25) is 5.02 Å². The van der Waals surface area contributed by atoms with Crippen LogP contribution in [0.5, 0.6) is 5.75 Å². The molecule has 21 heavy (non-hydrogen) atoms. The van der Waals surface area contributed by atoms with Gasteiger partial charge in [0, 0.05) is 24.2 Å². The molecule has 2 fully saturated rings. The van der Waals surface area contributed by atoms with Gasteiger partial charge in [0.15, 0.2) is 5.82 Å². The molecule has 0 radical (unpaired) electrons. The molecular weight excluding hydrogens is 291 g/mol. The van der Waals surface area contributed by atoms with Crippen LogP contribution in [0.1, 0.15) is 39.5 Å². The summed E-state index contributed by atoms with van der Waals surface area (Å²) in [5, 5.41) is 13.1. The molecule has 0 bridgehead atoms. The van der Waals surface area contributed by atoms with Crippen molar-refractivity contribution >= 4 is 17.3 Å². The lowest BCUT2D eigenvalue weighted by molar-refractivity contribution is 0.198. The minimum atomic E-state index is -0.515. The summed E-state index contributed by atoms with van der Waals surface area (Å²) in [4.78, 5) is 2.14. The topological polar surface area (TPSA) is 35.5 Å². The zero-order valence-corrected chi connectivity index (χ0v) is 13.3. The Balaban J connectivity index is 2.00. The van der Waals surface area contributed by atoms with Crippen LogP contribution in [0.4, 0.5) is 10.1 Å². The second-order valence-electron chi connectivity index (χ2n) is 6.85. The van der Waals surface area contributed by atoms with Crippen molar-refractivity contribution in [1.29, 1.82) is 0 Å². The summed E-state index contributed by atoms with van der Waals surface area (Å²) >= 11 is 5.88. The zero-order chi connectivity index (χ0) is 15.2. The number of piperazine rings is 1. The summed E-state index contributed by atoms with van der Waals surface area (Å²) in [6.45, 7) is 5.02. The molecule has 0 aromatic heterocycles. The van der Waals surface area contributed by atoms with E-state index in [0.29, 0.717) is 17.8 Å². The van der Waals surface area contributed by atoms with Gasteiger partial charge in [-0.1, -0.05) is 24.4 Å². The SMILES string of the molecule is CC1(C)CN(c2ccc(O)c(Cl)c2F)[C@@H]2CCCC[C@H]2N1. The van der Waals surface area contributed by atoms with Gasteiger partial charge in [-0.05, 0) is 38.8 Å². The fourth-order valence-electron chi connectivity index (χ4n) is 3.76. The second-order valence-corrected chi connectivity index (χ2v) is 7.22. The highest BCUT2D eigenvalue weighted by atomic mass is 35.5. The molecule has 1 aliphatic heterocycles. The summed E-state index contributed by atoms with van der Waals surface area (Å²) in [5.74, 6) is -0.716. The van der Waals surface area contributed by atoms with Gasteiger partial charge in [-0.2, -0.15) is 0 Å². The van der Waals surface area contributed by atoms with Crippen LogP contribution in [0.3, 0.4) is 0 Å². The normalized spacial score (nSPS) is 28.3. The van der Waals surface area contributed by atoms with E-state index in [2.05, 4.69) is 24.1 Å². The first-order chi connectivity index (χ1) is 9.89. The number of hydrogen-bond acceptors (Lipinski definition) is 3. The number of hydrogen-bond donors (Lipinski definition) is 2. The van der Waals surface area contributed by atoms with Crippen LogP contribution in [0.25, 0.3) is 0 Å². The highest BCUT2D eigenvalue weighted by Crippen LogP contribution is 2.38. The van der Waals surface area contributed by atoms with E-state index in [0.717, 1.165) is 19.4 Å². The maximum absolute atomic E-state index is 14.5. The number of aromatic hydroxyl groups is 1. The fourth-order valence-corrected chi connectivity index (χ4v) is 3.92. The van der Waals surface area contributed by atoms with Gasteiger partial charge in [0.05, 0.1) is 5.69 Å².